The average Bonchev–Trinajstić information content (AvgIpc) is 2.39. The lowest BCUT2D eigenvalue weighted by Gasteiger charge is -2.26. The molecule has 3 rings (SSSR count). The van der Waals surface area contributed by atoms with Crippen LogP contribution in [0.15, 0.2) is 48.5 Å². The topological polar surface area (TPSA) is 9.23 Å². The summed E-state index contributed by atoms with van der Waals surface area (Å²) >= 11 is 6.07. The predicted molar refractivity (Wildman–Crippen MR) is 69.8 cm³/mol. The maximum atomic E-state index is 6.07. The van der Waals surface area contributed by atoms with E-state index in [9.17, 15) is 0 Å². The quantitative estimate of drug-likeness (QED) is 0.729. The van der Waals surface area contributed by atoms with Crippen molar-refractivity contribution in [2.45, 2.75) is 12.3 Å². The van der Waals surface area contributed by atoms with Gasteiger partial charge in [0.2, 0.25) is 0 Å². The van der Waals surface area contributed by atoms with Crippen molar-refractivity contribution in [3.8, 4) is 5.75 Å². The molecule has 0 spiro atoms. The molecule has 86 valence electrons. The van der Waals surface area contributed by atoms with Crippen molar-refractivity contribution in [2.75, 3.05) is 6.61 Å². The number of hydrogen-bond donors (Lipinski definition) is 0. The lowest BCUT2D eigenvalue weighted by Crippen LogP contribution is -2.15. The summed E-state index contributed by atoms with van der Waals surface area (Å²) in [6.45, 7) is 0.772. The Labute approximate surface area is 106 Å². The SMILES string of the molecule is Clc1ccc2c(c1)C(c1ccccc1)CCO2. The van der Waals surface area contributed by atoms with Gasteiger partial charge in [-0.25, -0.2) is 0 Å². The standard InChI is InChI=1S/C15H13ClO/c16-12-6-7-15-14(10-12)13(8-9-17-15)11-4-2-1-3-5-11/h1-7,10,13H,8-9H2. The van der Waals surface area contributed by atoms with Crippen LogP contribution in [0.4, 0.5) is 0 Å². The van der Waals surface area contributed by atoms with Crippen molar-refractivity contribution in [3.63, 3.8) is 0 Å². The second-order valence-corrected chi connectivity index (χ2v) is 4.72. The molecule has 1 unspecified atom stereocenters. The Balaban J connectivity index is 2.08. The summed E-state index contributed by atoms with van der Waals surface area (Å²) < 4.78 is 5.67. The van der Waals surface area contributed by atoms with Gasteiger partial charge in [-0.2, -0.15) is 0 Å². The fraction of sp³-hybridized carbons (Fsp3) is 0.200. The van der Waals surface area contributed by atoms with E-state index in [2.05, 4.69) is 24.3 Å². The number of halogens is 1. The van der Waals surface area contributed by atoms with Gasteiger partial charge in [0.15, 0.2) is 0 Å². The van der Waals surface area contributed by atoms with E-state index in [1.807, 2.05) is 24.3 Å². The van der Waals surface area contributed by atoms with E-state index in [4.69, 9.17) is 16.3 Å². The molecular formula is C15H13ClO. The van der Waals surface area contributed by atoms with E-state index in [1.54, 1.807) is 0 Å². The summed E-state index contributed by atoms with van der Waals surface area (Å²) in [5.74, 6) is 1.37. The van der Waals surface area contributed by atoms with Crippen LogP contribution in [0.25, 0.3) is 0 Å². The highest BCUT2D eigenvalue weighted by atomic mass is 35.5. The van der Waals surface area contributed by atoms with Crippen molar-refractivity contribution < 1.29 is 4.74 Å². The number of hydrogen-bond acceptors (Lipinski definition) is 1. The zero-order valence-electron chi connectivity index (χ0n) is 9.40. The Morgan fingerprint density at radius 3 is 2.71 bits per heavy atom. The molecule has 1 nitrogen and oxygen atoms in total. The van der Waals surface area contributed by atoms with E-state index in [0.29, 0.717) is 5.92 Å². The molecule has 0 aliphatic carbocycles. The molecule has 17 heavy (non-hydrogen) atoms. The smallest absolute Gasteiger partial charge is 0.123 e. The number of benzene rings is 2. The summed E-state index contributed by atoms with van der Waals surface area (Å²) in [5, 5.41) is 0.773. The van der Waals surface area contributed by atoms with E-state index < -0.39 is 0 Å². The van der Waals surface area contributed by atoms with Crippen molar-refractivity contribution in [2.24, 2.45) is 0 Å². The molecule has 0 radical (unpaired) electrons. The molecule has 1 heterocycles. The highest BCUT2D eigenvalue weighted by molar-refractivity contribution is 6.30. The first kappa shape index (κ1) is 10.7. The van der Waals surface area contributed by atoms with Crippen molar-refractivity contribution in [3.05, 3.63) is 64.7 Å². The third kappa shape index (κ3) is 2.03. The molecule has 1 aliphatic rings. The lowest BCUT2D eigenvalue weighted by molar-refractivity contribution is 0.277. The van der Waals surface area contributed by atoms with Gasteiger partial charge < -0.3 is 4.74 Å². The summed E-state index contributed by atoms with van der Waals surface area (Å²) in [6.07, 6.45) is 1.01. The van der Waals surface area contributed by atoms with Gasteiger partial charge in [0, 0.05) is 16.5 Å². The first-order valence-electron chi connectivity index (χ1n) is 5.82. The summed E-state index contributed by atoms with van der Waals surface area (Å²) in [5.41, 5.74) is 2.54. The second-order valence-electron chi connectivity index (χ2n) is 4.28. The lowest BCUT2D eigenvalue weighted by atomic mass is 9.87. The Bertz CT molecular complexity index is 522. The molecule has 0 aromatic heterocycles. The normalized spacial score (nSPS) is 18.3. The highest BCUT2D eigenvalue weighted by Gasteiger charge is 2.22. The van der Waals surface area contributed by atoms with Gasteiger partial charge in [0.1, 0.15) is 5.75 Å². The van der Waals surface area contributed by atoms with Crippen LogP contribution in [-0.4, -0.2) is 6.61 Å². The molecule has 0 amide bonds. The summed E-state index contributed by atoms with van der Waals surface area (Å²) in [4.78, 5) is 0. The van der Waals surface area contributed by atoms with Crippen LogP contribution in [0.2, 0.25) is 5.02 Å². The van der Waals surface area contributed by atoms with Gasteiger partial charge in [0.05, 0.1) is 6.61 Å². The van der Waals surface area contributed by atoms with Gasteiger partial charge in [-0.3, -0.25) is 0 Å². The number of rotatable bonds is 1. The van der Waals surface area contributed by atoms with Gasteiger partial charge >= 0.3 is 0 Å². The van der Waals surface area contributed by atoms with Crippen LogP contribution in [-0.2, 0) is 0 Å². The zero-order valence-corrected chi connectivity index (χ0v) is 10.2. The largest absolute Gasteiger partial charge is 0.493 e. The molecule has 1 atom stereocenters. The Morgan fingerprint density at radius 2 is 1.88 bits per heavy atom. The Morgan fingerprint density at radius 1 is 1.06 bits per heavy atom. The minimum Gasteiger partial charge on any atom is -0.493 e. The van der Waals surface area contributed by atoms with Crippen LogP contribution in [0.1, 0.15) is 23.5 Å². The molecule has 0 bridgehead atoms. The molecule has 2 aromatic carbocycles. The first-order valence-corrected chi connectivity index (χ1v) is 6.19. The van der Waals surface area contributed by atoms with E-state index in [1.165, 1.54) is 11.1 Å². The molecule has 0 N–H and O–H groups in total. The van der Waals surface area contributed by atoms with Crippen molar-refractivity contribution in [1.29, 1.82) is 0 Å². The Kier molecular flexibility index (Phi) is 2.77. The highest BCUT2D eigenvalue weighted by Crippen LogP contribution is 2.39. The maximum absolute atomic E-state index is 6.07. The average molecular weight is 245 g/mol. The molecule has 0 saturated carbocycles. The van der Waals surface area contributed by atoms with Crippen LogP contribution in [0.3, 0.4) is 0 Å². The fourth-order valence-electron chi connectivity index (χ4n) is 2.40. The number of ether oxygens (including phenoxy) is 1. The van der Waals surface area contributed by atoms with Crippen molar-refractivity contribution in [1.82, 2.24) is 0 Å². The molecule has 2 aromatic rings. The van der Waals surface area contributed by atoms with Crippen molar-refractivity contribution >= 4 is 11.6 Å². The molecule has 1 aliphatic heterocycles. The first-order chi connectivity index (χ1) is 8.34. The minimum atomic E-state index is 0.402. The number of fused-ring (bicyclic) bond motifs is 1. The maximum Gasteiger partial charge on any atom is 0.123 e. The van der Waals surface area contributed by atoms with Crippen LogP contribution in [0.5, 0.6) is 5.75 Å². The van der Waals surface area contributed by atoms with Crippen LogP contribution in [0, 0.1) is 0 Å². The van der Waals surface area contributed by atoms with Gasteiger partial charge in [-0.05, 0) is 30.2 Å². The van der Waals surface area contributed by atoms with E-state index >= 15 is 0 Å². The van der Waals surface area contributed by atoms with Crippen LogP contribution < -0.4 is 4.74 Å². The third-order valence-electron chi connectivity index (χ3n) is 3.21. The van der Waals surface area contributed by atoms with Gasteiger partial charge in [-0.15, -0.1) is 0 Å². The Hall–Kier alpha value is -1.47. The zero-order chi connectivity index (χ0) is 11.7. The monoisotopic (exact) mass is 244 g/mol. The molecule has 2 heteroatoms. The fourth-order valence-corrected chi connectivity index (χ4v) is 2.58. The van der Waals surface area contributed by atoms with Gasteiger partial charge in [-0.1, -0.05) is 41.9 Å². The summed E-state index contributed by atoms with van der Waals surface area (Å²) in [7, 11) is 0. The summed E-state index contributed by atoms with van der Waals surface area (Å²) in [6, 6.07) is 16.4. The molecule has 0 fully saturated rings. The van der Waals surface area contributed by atoms with E-state index in [0.717, 1.165) is 23.8 Å². The van der Waals surface area contributed by atoms with Gasteiger partial charge in [0.25, 0.3) is 0 Å². The predicted octanol–water partition coefficient (Wildman–Crippen LogP) is 4.25. The molecular weight excluding hydrogens is 232 g/mol. The second kappa shape index (κ2) is 4.42. The van der Waals surface area contributed by atoms with Crippen LogP contribution >= 0.6 is 11.6 Å². The van der Waals surface area contributed by atoms with E-state index in [-0.39, 0.29) is 0 Å². The molecule has 0 saturated heterocycles. The minimum absolute atomic E-state index is 0.402. The third-order valence-corrected chi connectivity index (χ3v) is 3.45.